The van der Waals surface area contributed by atoms with Crippen molar-refractivity contribution in [2.45, 2.75) is 6.42 Å². The Bertz CT molecular complexity index is 914. The monoisotopic (exact) mass is 453 g/mol. The number of hydrogen-bond donors (Lipinski definition) is 0. The van der Waals surface area contributed by atoms with Crippen molar-refractivity contribution in [2.24, 2.45) is 0 Å². The van der Waals surface area contributed by atoms with Crippen molar-refractivity contribution in [1.82, 2.24) is 0 Å². The van der Waals surface area contributed by atoms with E-state index in [1.807, 2.05) is 0 Å². The van der Waals surface area contributed by atoms with E-state index in [-0.39, 0.29) is 24.8 Å². The first-order valence-corrected chi connectivity index (χ1v) is 9.42. The number of allylic oxidation sites excluding steroid dienone is 4. The summed E-state index contributed by atoms with van der Waals surface area (Å²) in [7, 11) is 0. The fraction of sp³-hybridized carbons (Fsp3) is 0.0435. The second kappa shape index (κ2) is 9.51. The van der Waals surface area contributed by atoms with Crippen molar-refractivity contribution in [2.75, 3.05) is 0 Å². The normalized spacial score (nSPS) is 13.3. The molecule has 0 unspecified atom stereocenters. The second-order valence-corrected chi connectivity index (χ2v) is 7.47. The van der Waals surface area contributed by atoms with Gasteiger partial charge >= 0.3 is 159 Å². The first kappa shape index (κ1) is 20.9. The fourth-order valence-corrected chi connectivity index (χ4v) is 4.48. The molecule has 1 aliphatic rings. The number of rotatable bonds is 3. The molecule has 26 heavy (non-hydrogen) atoms. The minimum atomic E-state index is 0. The van der Waals surface area contributed by atoms with Crippen molar-refractivity contribution >= 4 is 16.7 Å². The standard InChI is InChI=1S/C23H17.2ClH.Zr/c1-4-10-18(11-5-1)21-16-17-22(19-12-6-2-7-13-19)23(21)20-14-8-3-9-15-20;;;/h1-15H,16H2;2*1H;/q;;;+2/p-2. The van der Waals surface area contributed by atoms with Crippen LogP contribution in [0.3, 0.4) is 0 Å². The van der Waals surface area contributed by atoms with Gasteiger partial charge in [0.15, 0.2) is 0 Å². The van der Waals surface area contributed by atoms with E-state index in [9.17, 15) is 0 Å². The third-order valence-electron chi connectivity index (χ3n) is 4.45. The predicted molar refractivity (Wildman–Crippen MR) is 97.7 cm³/mol. The van der Waals surface area contributed by atoms with Gasteiger partial charge in [-0.25, -0.2) is 0 Å². The Labute approximate surface area is 182 Å². The molecule has 0 amide bonds. The number of halogens is 2. The quantitative estimate of drug-likeness (QED) is 0.521. The van der Waals surface area contributed by atoms with Crippen LogP contribution in [-0.2, 0) is 24.7 Å². The summed E-state index contributed by atoms with van der Waals surface area (Å²) in [4.78, 5) is 0. The molecule has 0 bridgehead atoms. The van der Waals surface area contributed by atoms with Crippen LogP contribution in [0.5, 0.6) is 0 Å². The van der Waals surface area contributed by atoms with Crippen LogP contribution in [-0.4, -0.2) is 0 Å². The molecule has 127 valence electrons. The third-order valence-corrected chi connectivity index (χ3v) is 5.50. The van der Waals surface area contributed by atoms with Gasteiger partial charge in [-0.05, 0) is 0 Å². The van der Waals surface area contributed by atoms with E-state index in [4.69, 9.17) is 0 Å². The van der Waals surface area contributed by atoms with Gasteiger partial charge in [0, 0.05) is 0 Å². The van der Waals surface area contributed by atoms with Gasteiger partial charge in [-0.15, -0.1) is 0 Å². The fourth-order valence-electron chi connectivity index (χ4n) is 3.39. The Morgan fingerprint density at radius 3 is 1.35 bits per heavy atom. The Balaban J connectivity index is 0.00000121. The van der Waals surface area contributed by atoms with Crippen molar-refractivity contribution < 1.29 is 49.5 Å². The zero-order valence-corrected chi connectivity index (χ0v) is 18.1. The maximum atomic E-state index is 2.23. The summed E-state index contributed by atoms with van der Waals surface area (Å²) in [5, 5.41) is 0. The molecule has 4 rings (SSSR count). The van der Waals surface area contributed by atoms with E-state index in [0.717, 1.165) is 6.42 Å². The van der Waals surface area contributed by atoms with Gasteiger partial charge in [-0.2, -0.15) is 0 Å². The molecule has 0 aromatic heterocycles. The first-order valence-electron chi connectivity index (χ1n) is 8.19. The molecule has 1 aliphatic carbocycles. The summed E-state index contributed by atoms with van der Waals surface area (Å²) < 4.78 is 1.53. The van der Waals surface area contributed by atoms with Crippen LogP contribution in [0.1, 0.15) is 23.1 Å². The molecule has 0 saturated carbocycles. The first-order chi connectivity index (χ1) is 11.8. The summed E-state index contributed by atoms with van der Waals surface area (Å²) in [6.07, 6.45) is 1.05. The SMILES string of the molecule is [Cl-].[Cl-].[Zr+2][C]1=C(c2ccccc2)C(c2ccccc2)=C(c2ccccc2)C1. The van der Waals surface area contributed by atoms with Gasteiger partial charge in [0.05, 0.1) is 0 Å². The topological polar surface area (TPSA) is 0 Å². The molecular weight excluding hydrogens is 438 g/mol. The molecule has 0 aliphatic heterocycles. The van der Waals surface area contributed by atoms with Crippen LogP contribution in [0.25, 0.3) is 16.7 Å². The maximum absolute atomic E-state index is 2.23. The van der Waals surface area contributed by atoms with Crippen LogP contribution >= 0.6 is 0 Å². The summed E-state index contributed by atoms with van der Waals surface area (Å²) >= 11 is 1.50. The van der Waals surface area contributed by atoms with Gasteiger partial charge in [0.2, 0.25) is 0 Å². The van der Waals surface area contributed by atoms with Crippen molar-refractivity contribution in [3.8, 4) is 0 Å². The molecular formula is C23H17Cl2Zr. The number of benzene rings is 3. The van der Waals surface area contributed by atoms with Crippen LogP contribution in [0.15, 0.2) is 94.3 Å². The molecule has 0 saturated heterocycles. The average molecular weight is 456 g/mol. The van der Waals surface area contributed by atoms with E-state index >= 15 is 0 Å². The van der Waals surface area contributed by atoms with Gasteiger partial charge in [0.1, 0.15) is 0 Å². The summed E-state index contributed by atoms with van der Waals surface area (Å²) in [5.74, 6) is 0. The van der Waals surface area contributed by atoms with E-state index in [1.54, 1.807) is 0 Å². The Kier molecular flexibility index (Phi) is 7.65. The van der Waals surface area contributed by atoms with E-state index in [0.29, 0.717) is 0 Å². The molecule has 0 N–H and O–H groups in total. The summed E-state index contributed by atoms with van der Waals surface area (Å²) in [6, 6.07) is 32.5. The summed E-state index contributed by atoms with van der Waals surface area (Å²) in [5.41, 5.74) is 8.26. The Morgan fingerprint density at radius 1 is 0.500 bits per heavy atom. The Morgan fingerprint density at radius 2 is 0.885 bits per heavy atom. The van der Waals surface area contributed by atoms with Crippen LogP contribution < -0.4 is 24.8 Å². The molecule has 0 radical (unpaired) electrons. The molecule has 0 heterocycles. The van der Waals surface area contributed by atoms with Crippen molar-refractivity contribution in [3.63, 3.8) is 0 Å². The van der Waals surface area contributed by atoms with Crippen LogP contribution in [0, 0.1) is 0 Å². The summed E-state index contributed by atoms with van der Waals surface area (Å²) in [6.45, 7) is 0. The zero-order chi connectivity index (χ0) is 16.4. The third kappa shape index (κ3) is 4.12. The zero-order valence-electron chi connectivity index (χ0n) is 14.1. The van der Waals surface area contributed by atoms with Gasteiger partial charge < -0.3 is 24.8 Å². The minimum absolute atomic E-state index is 0. The second-order valence-electron chi connectivity index (χ2n) is 5.98. The predicted octanol–water partition coefficient (Wildman–Crippen LogP) is -0.0328. The van der Waals surface area contributed by atoms with Gasteiger partial charge in [-0.1, -0.05) is 0 Å². The molecule has 3 aromatic rings. The molecule has 0 fully saturated rings. The molecule has 0 spiro atoms. The van der Waals surface area contributed by atoms with Crippen LogP contribution in [0.2, 0.25) is 0 Å². The van der Waals surface area contributed by atoms with Crippen molar-refractivity contribution in [3.05, 3.63) is 111 Å². The van der Waals surface area contributed by atoms with Gasteiger partial charge in [-0.3, -0.25) is 0 Å². The van der Waals surface area contributed by atoms with Gasteiger partial charge in [0.25, 0.3) is 0 Å². The van der Waals surface area contributed by atoms with E-state index < -0.39 is 0 Å². The van der Waals surface area contributed by atoms with E-state index in [2.05, 4.69) is 91.0 Å². The Hall–Kier alpha value is -1.40. The average Bonchev–Trinajstić information content (AvgIpc) is 3.01. The number of hydrogen-bond acceptors (Lipinski definition) is 0. The molecule has 0 nitrogen and oxygen atoms in total. The van der Waals surface area contributed by atoms with E-state index in [1.165, 1.54) is 61.4 Å². The molecule has 0 atom stereocenters. The molecule has 3 heteroatoms. The molecule has 3 aromatic carbocycles. The van der Waals surface area contributed by atoms with Crippen LogP contribution in [0.4, 0.5) is 0 Å². The van der Waals surface area contributed by atoms with Crippen molar-refractivity contribution in [1.29, 1.82) is 0 Å².